The van der Waals surface area contributed by atoms with E-state index >= 15 is 0 Å². The molecule has 190 valence electrons. The summed E-state index contributed by atoms with van der Waals surface area (Å²) in [6.07, 6.45) is 8.88. The third-order valence-electron chi connectivity index (χ3n) is 6.80. The number of carbonyl (C=O) groups is 1. The summed E-state index contributed by atoms with van der Waals surface area (Å²) in [5.74, 6) is 0.992. The van der Waals surface area contributed by atoms with Crippen molar-refractivity contribution in [1.82, 2.24) is 20.3 Å². The topological polar surface area (TPSA) is 105 Å². The van der Waals surface area contributed by atoms with Crippen LogP contribution in [0.4, 0.5) is 5.82 Å². The molecule has 0 radical (unpaired) electrons. The van der Waals surface area contributed by atoms with E-state index in [0.29, 0.717) is 22.7 Å². The molecular weight excluding hydrogens is 486 g/mol. The van der Waals surface area contributed by atoms with E-state index < -0.39 is 9.84 Å². The van der Waals surface area contributed by atoms with Gasteiger partial charge in [0.1, 0.15) is 5.82 Å². The van der Waals surface area contributed by atoms with Crippen LogP contribution in [0, 0.1) is 6.92 Å². The summed E-state index contributed by atoms with van der Waals surface area (Å²) >= 11 is 0. The molecule has 4 aromatic rings. The van der Waals surface area contributed by atoms with Crippen LogP contribution >= 0.6 is 0 Å². The third kappa shape index (κ3) is 5.61. The van der Waals surface area contributed by atoms with Crippen LogP contribution in [-0.2, 0) is 16.4 Å². The van der Waals surface area contributed by atoms with Gasteiger partial charge >= 0.3 is 0 Å². The molecular formula is C28H29N5O3S. The van der Waals surface area contributed by atoms with Gasteiger partial charge in [-0.15, -0.1) is 0 Å². The molecule has 5 rings (SSSR count). The molecule has 1 aromatic carbocycles. The van der Waals surface area contributed by atoms with Crippen molar-refractivity contribution in [3.63, 3.8) is 0 Å². The second-order valence-electron chi connectivity index (χ2n) is 9.54. The highest BCUT2D eigenvalue weighted by molar-refractivity contribution is 7.90. The number of piperidine rings is 1. The molecule has 37 heavy (non-hydrogen) atoms. The van der Waals surface area contributed by atoms with Crippen molar-refractivity contribution in [1.29, 1.82) is 0 Å². The number of benzene rings is 1. The van der Waals surface area contributed by atoms with Gasteiger partial charge in [-0.2, -0.15) is 0 Å². The summed E-state index contributed by atoms with van der Waals surface area (Å²) in [5, 5.41) is 3.77. The number of sulfone groups is 1. The van der Waals surface area contributed by atoms with Gasteiger partial charge in [-0.1, -0.05) is 12.1 Å². The summed E-state index contributed by atoms with van der Waals surface area (Å²) in [6, 6.07) is 14.8. The minimum atomic E-state index is -3.42. The number of nitrogens with zero attached hydrogens (tertiary/aromatic N) is 4. The standard InChI is InChI=1S/C28H29N5O3S/c1-19-7-8-20(13-26(19)37(2,35)36)28(34)31-17-24-14-25-22(16-30-24)9-10-27(32-25)33-12-4-6-23(18-33)21-5-3-11-29-15-21/h3,5,7-11,13-16,23H,4,6,12,17-18H2,1-2H3,(H,31,34). The lowest BCUT2D eigenvalue weighted by Crippen LogP contribution is -2.34. The molecule has 1 saturated heterocycles. The fourth-order valence-corrected chi connectivity index (χ4v) is 5.80. The predicted molar refractivity (Wildman–Crippen MR) is 143 cm³/mol. The third-order valence-corrected chi connectivity index (χ3v) is 8.04. The first-order chi connectivity index (χ1) is 17.8. The molecule has 0 aliphatic carbocycles. The van der Waals surface area contributed by atoms with Crippen molar-refractivity contribution in [2.75, 3.05) is 24.2 Å². The van der Waals surface area contributed by atoms with E-state index in [2.05, 4.69) is 26.3 Å². The van der Waals surface area contributed by atoms with Gasteiger partial charge < -0.3 is 10.2 Å². The van der Waals surface area contributed by atoms with Gasteiger partial charge in [0.05, 0.1) is 22.7 Å². The molecule has 1 amide bonds. The van der Waals surface area contributed by atoms with E-state index in [1.807, 2.05) is 30.5 Å². The van der Waals surface area contributed by atoms with Crippen LogP contribution in [-0.4, -0.2) is 48.6 Å². The van der Waals surface area contributed by atoms with Crippen molar-refractivity contribution in [2.24, 2.45) is 0 Å². The Balaban J connectivity index is 1.30. The number of fused-ring (bicyclic) bond motifs is 1. The highest BCUT2D eigenvalue weighted by Crippen LogP contribution is 2.29. The molecule has 1 N–H and O–H groups in total. The Bertz CT molecular complexity index is 1560. The van der Waals surface area contributed by atoms with Gasteiger partial charge in [0.25, 0.3) is 5.91 Å². The number of pyridine rings is 3. The number of hydrogen-bond acceptors (Lipinski definition) is 7. The summed E-state index contributed by atoms with van der Waals surface area (Å²) in [5.41, 5.74) is 3.65. The molecule has 0 bridgehead atoms. The number of nitrogens with one attached hydrogen (secondary N) is 1. The Morgan fingerprint density at radius 3 is 2.78 bits per heavy atom. The molecule has 1 unspecified atom stereocenters. The zero-order chi connectivity index (χ0) is 26.0. The second kappa shape index (κ2) is 10.3. The number of aromatic nitrogens is 3. The first-order valence-electron chi connectivity index (χ1n) is 12.3. The van der Waals surface area contributed by atoms with Gasteiger partial charge in [-0.25, -0.2) is 13.4 Å². The van der Waals surface area contributed by atoms with E-state index in [1.165, 1.54) is 11.6 Å². The lowest BCUT2D eigenvalue weighted by Gasteiger charge is -2.33. The van der Waals surface area contributed by atoms with Gasteiger partial charge in [0, 0.05) is 54.8 Å². The van der Waals surface area contributed by atoms with Gasteiger partial charge in [0.2, 0.25) is 0 Å². The average molecular weight is 516 g/mol. The highest BCUT2D eigenvalue weighted by atomic mass is 32.2. The lowest BCUT2D eigenvalue weighted by atomic mass is 9.92. The first-order valence-corrected chi connectivity index (χ1v) is 14.2. The predicted octanol–water partition coefficient (Wildman–Crippen LogP) is 4.05. The number of anilines is 1. The maximum absolute atomic E-state index is 12.7. The van der Waals surface area contributed by atoms with E-state index in [9.17, 15) is 13.2 Å². The van der Waals surface area contributed by atoms with Gasteiger partial charge in [-0.3, -0.25) is 14.8 Å². The molecule has 1 fully saturated rings. The van der Waals surface area contributed by atoms with E-state index in [0.717, 1.165) is 48.9 Å². The quantitative estimate of drug-likeness (QED) is 0.413. The van der Waals surface area contributed by atoms with Crippen molar-refractivity contribution < 1.29 is 13.2 Å². The molecule has 0 saturated carbocycles. The van der Waals surface area contributed by atoms with Crippen molar-refractivity contribution >= 4 is 32.5 Å². The minimum Gasteiger partial charge on any atom is -0.356 e. The van der Waals surface area contributed by atoms with Crippen LogP contribution in [0.15, 0.2) is 72.0 Å². The Labute approximate surface area is 216 Å². The Morgan fingerprint density at radius 1 is 1.14 bits per heavy atom. The van der Waals surface area contributed by atoms with Crippen LogP contribution in [0.5, 0.6) is 0 Å². The van der Waals surface area contributed by atoms with Crippen LogP contribution < -0.4 is 10.2 Å². The first kappa shape index (κ1) is 24.8. The smallest absolute Gasteiger partial charge is 0.251 e. The molecule has 8 nitrogen and oxygen atoms in total. The lowest BCUT2D eigenvalue weighted by molar-refractivity contribution is 0.0950. The number of amides is 1. The maximum atomic E-state index is 12.7. The normalized spacial score (nSPS) is 16.1. The van der Waals surface area contributed by atoms with Gasteiger partial charge in [-0.05, 0) is 67.3 Å². The van der Waals surface area contributed by atoms with Gasteiger partial charge in [0.15, 0.2) is 9.84 Å². The van der Waals surface area contributed by atoms with Crippen molar-refractivity contribution in [2.45, 2.75) is 37.1 Å². The van der Waals surface area contributed by atoms with E-state index in [-0.39, 0.29) is 17.3 Å². The Morgan fingerprint density at radius 2 is 2.00 bits per heavy atom. The monoisotopic (exact) mass is 515 g/mol. The molecule has 0 spiro atoms. The number of hydrogen-bond donors (Lipinski definition) is 1. The summed E-state index contributed by atoms with van der Waals surface area (Å²) in [7, 11) is -3.42. The van der Waals surface area contributed by atoms with Crippen LogP contribution in [0.25, 0.3) is 10.9 Å². The summed E-state index contributed by atoms with van der Waals surface area (Å²) in [6.45, 7) is 3.76. The van der Waals surface area contributed by atoms with Crippen LogP contribution in [0.2, 0.25) is 0 Å². The maximum Gasteiger partial charge on any atom is 0.251 e. The molecule has 1 atom stereocenters. The second-order valence-corrected chi connectivity index (χ2v) is 11.5. The van der Waals surface area contributed by atoms with Crippen LogP contribution in [0.1, 0.15) is 45.9 Å². The fourth-order valence-electron chi connectivity index (χ4n) is 4.81. The van der Waals surface area contributed by atoms with E-state index in [4.69, 9.17) is 4.98 Å². The van der Waals surface area contributed by atoms with E-state index in [1.54, 1.807) is 31.5 Å². The summed E-state index contributed by atoms with van der Waals surface area (Å²) < 4.78 is 24.0. The average Bonchev–Trinajstić information content (AvgIpc) is 2.91. The van der Waals surface area contributed by atoms with Crippen LogP contribution in [0.3, 0.4) is 0 Å². The molecule has 4 heterocycles. The molecule has 3 aromatic heterocycles. The zero-order valence-corrected chi connectivity index (χ0v) is 21.7. The summed E-state index contributed by atoms with van der Waals surface area (Å²) in [4.78, 5) is 28.9. The van der Waals surface area contributed by atoms with Crippen molar-refractivity contribution in [3.05, 3.63) is 89.5 Å². The number of aryl methyl sites for hydroxylation is 1. The molecule has 9 heteroatoms. The Kier molecular flexibility index (Phi) is 6.88. The zero-order valence-electron chi connectivity index (χ0n) is 20.9. The minimum absolute atomic E-state index is 0.157. The number of rotatable bonds is 6. The Hall–Kier alpha value is -3.85. The highest BCUT2D eigenvalue weighted by Gasteiger charge is 2.22. The molecule has 1 aliphatic heterocycles. The fraction of sp³-hybridized carbons (Fsp3) is 0.286. The SMILES string of the molecule is Cc1ccc(C(=O)NCc2cc3nc(N4CCCC(c5cccnc5)C4)ccc3cn2)cc1S(C)(=O)=O. The van der Waals surface area contributed by atoms with Crippen molar-refractivity contribution in [3.8, 4) is 0 Å². The number of carbonyl (C=O) groups excluding carboxylic acids is 1. The molecule has 1 aliphatic rings. The largest absolute Gasteiger partial charge is 0.356 e.